The van der Waals surface area contributed by atoms with Gasteiger partial charge in [0, 0.05) is 16.4 Å². The van der Waals surface area contributed by atoms with E-state index in [4.69, 9.17) is 16.9 Å². The number of nitriles is 1. The second-order valence-corrected chi connectivity index (χ2v) is 4.39. The Labute approximate surface area is 111 Å². The third-order valence-electron chi connectivity index (χ3n) is 1.95. The summed E-state index contributed by atoms with van der Waals surface area (Å²) in [5.41, 5.74) is 1.07. The van der Waals surface area contributed by atoms with Crippen LogP contribution in [0, 0.1) is 11.3 Å². The van der Waals surface area contributed by atoms with Crippen molar-refractivity contribution in [3.8, 4) is 6.07 Å². The van der Waals surface area contributed by atoms with Crippen molar-refractivity contribution < 1.29 is 0 Å². The molecule has 0 radical (unpaired) electrons. The molecule has 0 bridgehead atoms. The third-order valence-corrected chi connectivity index (χ3v) is 3.18. The van der Waals surface area contributed by atoms with Crippen LogP contribution in [-0.4, -0.2) is 9.97 Å². The molecule has 1 N–H and O–H groups in total. The van der Waals surface area contributed by atoms with Crippen molar-refractivity contribution in [1.82, 2.24) is 9.97 Å². The molecule has 0 saturated heterocycles. The van der Waals surface area contributed by atoms with Gasteiger partial charge in [-0.25, -0.2) is 9.97 Å². The largest absolute Gasteiger partial charge is 0.324 e. The number of rotatable bonds is 2. The molecule has 0 atom stereocenters. The Morgan fingerprint density at radius 1 is 1.35 bits per heavy atom. The second kappa shape index (κ2) is 5.13. The average Bonchev–Trinajstić information content (AvgIpc) is 2.34. The van der Waals surface area contributed by atoms with Gasteiger partial charge in [0.1, 0.15) is 11.8 Å². The Hall–Kier alpha value is -1.64. The van der Waals surface area contributed by atoms with Gasteiger partial charge in [-0.3, -0.25) is 0 Å². The van der Waals surface area contributed by atoms with E-state index in [1.807, 2.05) is 18.2 Å². The van der Waals surface area contributed by atoms with Crippen LogP contribution in [0.25, 0.3) is 0 Å². The lowest BCUT2D eigenvalue weighted by Gasteiger charge is -2.05. The zero-order valence-electron chi connectivity index (χ0n) is 8.48. The van der Waals surface area contributed by atoms with Crippen LogP contribution in [0.15, 0.2) is 34.9 Å². The highest BCUT2D eigenvalue weighted by Gasteiger charge is 2.02. The SMILES string of the molecule is N#Cc1ccnc(Nc2ccc(Br)c(Cl)c2)n1. The Morgan fingerprint density at radius 3 is 2.88 bits per heavy atom. The molecule has 4 nitrogen and oxygen atoms in total. The topological polar surface area (TPSA) is 61.6 Å². The highest BCUT2D eigenvalue weighted by molar-refractivity contribution is 9.10. The molecular formula is C11H6BrClN4. The molecule has 6 heteroatoms. The van der Waals surface area contributed by atoms with Crippen LogP contribution in [0.5, 0.6) is 0 Å². The Kier molecular flexibility index (Phi) is 3.57. The number of benzene rings is 1. The molecule has 0 aliphatic rings. The van der Waals surface area contributed by atoms with Gasteiger partial charge in [-0.1, -0.05) is 11.6 Å². The van der Waals surface area contributed by atoms with E-state index in [9.17, 15) is 0 Å². The van der Waals surface area contributed by atoms with E-state index in [1.54, 1.807) is 12.1 Å². The molecule has 1 aromatic carbocycles. The second-order valence-electron chi connectivity index (χ2n) is 3.13. The van der Waals surface area contributed by atoms with Crippen molar-refractivity contribution in [3.63, 3.8) is 0 Å². The molecule has 0 spiro atoms. The summed E-state index contributed by atoms with van der Waals surface area (Å²) in [6.07, 6.45) is 1.52. The number of hydrogen-bond donors (Lipinski definition) is 1. The fraction of sp³-hybridized carbons (Fsp3) is 0. The predicted octanol–water partition coefficient (Wildman–Crippen LogP) is 3.51. The zero-order chi connectivity index (χ0) is 12.3. The molecule has 1 heterocycles. The predicted molar refractivity (Wildman–Crippen MR) is 69.2 cm³/mol. The molecule has 1 aromatic heterocycles. The summed E-state index contributed by atoms with van der Waals surface area (Å²) in [4.78, 5) is 8.01. The van der Waals surface area contributed by atoms with Crippen LogP contribution in [0.3, 0.4) is 0 Å². The Morgan fingerprint density at radius 2 is 2.18 bits per heavy atom. The lowest BCUT2D eigenvalue weighted by molar-refractivity contribution is 1.14. The van der Waals surface area contributed by atoms with Gasteiger partial charge in [0.15, 0.2) is 0 Å². The summed E-state index contributed by atoms with van der Waals surface area (Å²) < 4.78 is 0.816. The van der Waals surface area contributed by atoms with Crippen molar-refractivity contribution in [3.05, 3.63) is 45.7 Å². The standard InChI is InChI=1S/C11H6BrClN4/c12-9-2-1-7(5-10(9)13)16-11-15-4-3-8(6-14)17-11/h1-5H,(H,15,16,17). The van der Waals surface area contributed by atoms with Crippen molar-refractivity contribution in [1.29, 1.82) is 5.26 Å². The maximum atomic E-state index is 8.71. The zero-order valence-corrected chi connectivity index (χ0v) is 10.8. The highest BCUT2D eigenvalue weighted by atomic mass is 79.9. The first-order valence-corrected chi connectivity index (χ1v) is 5.81. The summed E-state index contributed by atoms with van der Waals surface area (Å²) in [6.45, 7) is 0. The van der Waals surface area contributed by atoms with E-state index >= 15 is 0 Å². The van der Waals surface area contributed by atoms with Crippen LogP contribution >= 0.6 is 27.5 Å². The van der Waals surface area contributed by atoms with E-state index in [2.05, 4.69) is 31.2 Å². The molecule has 0 aliphatic carbocycles. The molecular weight excluding hydrogens is 304 g/mol. The lowest BCUT2D eigenvalue weighted by atomic mass is 10.3. The van der Waals surface area contributed by atoms with E-state index < -0.39 is 0 Å². The summed E-state index contributed by atoms with van der Waals surface area (Å²) >= 11 is 9.26. The number of halogens is 2. The molecule has 2 rings (SSSR count). The summed E-state index contributed by atoms with van der Waals surface area (Å²) in [5, 5.41) is 12.3. The van der Waals surface area contributed by atoms with Crippen LogP contribution in [0.1, 0.15) is 5.69 Å². The molecule has 2 aromatic rings. The van der Waals surface area contributed by atoms with E-state index in [0.29, 0.717) is 16.7 Å². The summed E-state index contributed by atoms with van der Waals surface area (Å²) in [7, 11) is 0. The minimum atomic E-state index is 0.311. The Balaban J connectivity index is 2.25. The fourth-order valence-corrected chi connectivity index (χ4v) is 1.61. The molecule has 0 saturated carbocycles. The molecule has 0 unspecified atom stereocenters. The number of nitrogens with one attached hydrogen (secondary N) is 1. The van der Waals surface area contributed by atoms with Gasteiger partial charge < -0.3 is 5.32 Å². The molecule has 84 valence electrons. The molecule has 0 fully saturated rings. The van der Waals surface area contributed by atoms with Crippen LogP contribution in [0.4, 0.5) is 11.6 Å². The summed E-state index contributed by atoms with van der Waals surface area (Å²) in [6, 6.07) is 8.88. The first-order chi connectivity index (χ1) is 8.19. The fourth-order valence-electron chi connectivity index (χ4n) is 1.18. The number of aromatic nitrogens is 2. The van der Waals surface area contributed by atoms with Crippen LogP contribution in [-0.2, 0) is 0 Å². The van der Waals surface area contributed by atoms with Crippen molar-refractivity contribution in [2.24, 2.45) is 0 Å². The highest BCUT2D eigenvalue weighted by Crippen LogP contribution is 2.26. The first kappa shape index (κ1) is 11.8. The number of hydrogen-bond acceptors (Lipinski definition) is 4. The van der Waals surface area contributed by atoms with Crippen LogP contribution < -0.4 is 5.32 Å². The van der Waals surface area contributed by atoms with Gasteiger partial charge in [0.25, 0.3) is 0 Å². The van der Waals surface area contributed by atoms with Gasteiger partial charge in [0.2, 0.25) is 5.95 Å². The Bertz CT molecular complexity index is 594. The van der Waals surface area contributed by atoms with Gasteiger partial charge in [-0.05, 0) is 40.2 Å². The summed E-state index contributed by atoms with van der Waals surface area (Å²) in [5.74, 6) is 0.363. The molecule has 17 heavy (non-hydrogen) atoms. The van der Waals surface area contributed by atoms with Gasteiger partial charge >= 0.3 is 0 Å². The number of anilines is 2. The average molecular weight is 310 g/mol. The molecule has 0 amide bonds. The normalized spacial score (nSPS) is 9.71. The van der Waals surface area contributed by atoms with Crippen molar-refractivity contribution in [2.75, 3.05) is 5.32 Å². The van der Waals surface area contributed by atoms with E-state index in [-0.39, 0.29) is 0 Å². The number of nitrogens with zero attached hydrogens (tertiary/aromatic N) is 3. The van der Waals surface area contributed by atoms with Crippen LogP contribution in [0.2, 0.25) is 5.02 Å². The third kappa shape index (κ3) is 2.93. The van der Waals surface area contributed by atoms with Gasteiger partial charge in [0.05, 0.1) is 5.02 Å². The maximum absolute atomic E-state index is 8.71. The minimum absolute atomic E-state index is 0.311. The minimum Gasteiger partial charge on any atom is -0.324 e. The molecule has 0 aliphatic heterocycles. The van der Waals surface area contributed by atoms with Gasteiger partial charge in [-0.2, -0.15) is 5.26 Å². The van der Waals surface area contributed by atoms with Crippen molar-refractivity contribution in [2.45, 2.75) is 0 Å². The quantitative estimate of drug-likeness (QED) is 0.922. The van der Waals surface area contributed by atoms with E-state index in [0.717, 1.165) is 10.2 Å². The van der Waals surface area contributed by atoms with Crippen molar-refractivity contribution >= 4 is 39.2 Å². The monoisotopic (exact) mass is 308 g/mol. The first-order valence-electron chi connectivity index (χ1n) is 4.64. The lowest BCUT2D eigenvalue weighted by Crippen LogP contribution is -1.97. The maximum Gasteiger partial charge on any atom is 0.228 e. The van der Waals surface area contributed by atoms with Gasteiger partial charge in [-0.15, -0.1) is 0 Å². The smallest absolute Gasteiger partial charge is 0.228 e. The van der Waals surface area contributed by atoms with E-state index in [1.165, 1.54) is 6.20 Å².